The van der Waals surface area contributed by atoms with Crippen LogP contribution >= 0.6 is 11.6 Å². The number of benzene rings is 1. The molecule has 66 valence electrons. The minimum absolute atomic E-state index is 0.188. The fraction of sp³-hybridized carbons (Fsp3) is 0.333. The van der Waals surface area contributed by atoms with Crippen LogP contribution in [0.2, 0.25) is 5.02 Å². The summed E-state index contributed by atoms with van der Waals surface area (Å²) in [5, 5.41) is 9.77. The number of phenols is 1. The van der Waals surface area contributed by atoms with Gasteiger partial charge in [-0.05, 0) is 37.6 Å². The van der Waals surface area contributed by atoms with Gasteiger partial charge in [-0.3, -0.25) is 0 Å². The van der Waals surface area contributed by atoms with Gasteiger partial charge in [0.1, 0.15) is 5.75 Å². The molecule has 0 aromatic heterocycles. The summed E-state index contributed by atoms with van der Waals surface area (Å²) in [6.07, 6.45) is 0. The third-order valence-corrected chi connectivity index (χ3v) is 1.97. The number of phenolic OH excluding ortho intramolecular Hbond substituents is 1. The Bertz CT molecular complexity index is 291. The molecular formula is C9H12ClNO. The molecule has 0 unspecified atom stereocenters. The number of aromatic hydroxyl groups is 1. The molecule has 1 aromatic rings. The van der Waals surface area contributed by atoms with Gasteiger partial charge in [0.15, 0.2) is 0 Å². The van der Waals surface area contributed by atoms with E-state index in [1.165, 1.54) is 6.07 Å². The molecule has 12 heavy (non-hydrogen) atoms. The first-order chi connectivity index (χ1) is 5.41. The highest BCUT2D eigenvalue weighted by molar-refractivity contribution is 6.31. The van der Waals surface area contributed by atoms with E-state index in [0.29, 0.717) is 5.02 Å². The predicted molar refractivity (Wildman–Crippen MR) is 50.3 cm³/mol. The van der Waals surface area contributed by atoms with E-state index in [0.717, 1.165) is 5.56 Å². The minimum atomic E-state index is -0.518. The van der Waals surface area contributed by atoms with Crippen LogP contribution in [0, 0.1) is 0 Å². The van der Waals surface area contributed by atoms with Crippen molar-refractivity contribution in [2.75, 3.05) is 0 Å². The summed E-state index contributed by atoms with van der Waals surface area (Å²) < 4.78 is 0. The van der Waals surface area contributed by atoms with E-state index in [4.69, 9.17) is 17.3 Å². The number of rotatable bonds is 1. The topological polar surface area (TPSA) is 46.2 Å². The van der Waals surface area contributed by atoms with Crippen molar-refractivity contribution in [1.29, 1.82) is 0 Å². The van der Waals surface area contributed by atoms with Crippen LogP contribution < -0.4 is 5.73 Å². The summed E-state index contributed by atoms with van der Waals surface area (Å²) in [6.45, 7) is 3.68. The maximum atomic E-state index is 9.19. The molecular weight excluding hydrogens is 174 g/mol. The molecule has 0 atom stereocenters. The molecule has 0 bridgehead atoms. The molecule has 0 saturated carbocycles. The third kappa shape index (κ3) is 1.90. The van der Waals surface area contributed by atoms with E-state index < -0.39 is 5.54 Å². The summed E-state index contributed by atoms with van der Waals surface area (Å²) in [4.78, 5) is 0. The van der Waals surface area contributed by atoms with Crippen LogP contribution in [0.5, 0.6) is 5.75 Å². The Morgan fingerprint density at radius 1 is 1.42 bits per heavy atom. The van der Waals surface area contributed by atoms with E-state index in [-0.39, 0.29) is 5.75 Å². The van der Waals surface area contributed by atoms with E-state index in [1.807, 2.05) is 13.8 Å². The van der Waals surface area contributed by atoms with Crippen LogP contribution in [-0.4, -0.2) is 5.11 Å². The molecule has 0 aliphatic carbocycles. The SMILES string of the molecule is CC(C)(N)c1cc(O)ccc1Cl. The van der Waals surface area contributed by atoms with Crippen molar-refractivity contribution in [1.82, 2.24) is 0 Å². The molecule has 0 aliphatic heterocycles. The maximum absolute atomic E-state index is 9.19. The summed E-state index contributed by atoms with van der Waals surface area (Å²) in [7, 11) is 0. The van der Waals surface area contributed by atoms with Crippen molar-refractivity contribution in [3.8, 4) is 5.75 Å². The number of nitrogens with two attached hydrogens (primary N) is 1. The second-order valence-electron chi connectivity index (χ2n) is 3.39. The lowest BCUT2D eigenvalue weighted by Gasteiger charge is -2.20. The van der Waals surface area contributed by atoms with Crippen LogP contribution in [0.4, 0.5) is 0 Å². The first-order valence-electron chi connectivity index (χ1n) is 3.69. The zero-order valence-corrected chi connectivity index (χ0v) is 7.89. The van der Waals surface area contributed by atoms with Gasteiger partial charge in [-0.2, -0.15) is 0 Å². The van der Waals surface area contributed by atoms with Crippen LogP contribution in [-0.2, 0) is 5.54 Å². The maximum Gasteiger partial charge on any atom is 0.116 e. The van der Waals surface area contributed by atoms with Crippen LogP contribution in [0.25, 0.3) is 0 Å². The molecule has 1 aromatic carbocycles. The molecule has 0 amide bonds. The monoisotopic (exact) mass is 185 g/mol. The summed E-state index contributed by atoms with van der Waals surface area (Å²) in [5.74, 6) is 0.188. The quantitative estimate of drug-likeness (QED) is 0.705. The smallest absolute Gasteiger partial charge is 0.116 e. The number of halogens is 1. The van der Waals surface area contributed by atoms with E-state index >= 15 is 0 Å². The molecule has 0 saturated heterocycles. The minimum Gasteiger partial charge on any atom is -0.508 e. The molecule has 0 heterocycles. The molecule has 3 heteroatoms. The van der Waals surface area contributed by atoms with Crippen molar-refractivity contribution in [3.05, 3.63) is 28.8 Å². The number of hydrogen-bond acceptors (Lipinski definition) is 2. The first kappa shape index (κ1) is 9.36. The van der Waals surface area contributed by atoms with Gasteiger partial charge in [0.25, 0.3) is 0 Å². The van der Waals surface area contributed by atoms with Gasteiger partial charge in [-0.15, -0.1) is 0 Å². The molecule has 2 nitrogen and oxygen atoms in total. The Morgan fingerprint density at radius 2 is 2.00 bits per heavy atom. The van der Waals surface area contributed by atoms with Gasteiger partial charge >= 0.3 is 0 Å². The van der Waals surface area contributed by atoms with Crippen molar-refractivity contribution < 1.29 is 5.11 Å². The highest BCUT2D eigenvalue weighted by Crippen LogP contribution is 2.28. The van der Waals surface area contributed by atoms with E-state index in [2.05, 4.69) is 0 Å². The molecule has 0 spiro atoms. The lowest BCUT2D eigenvalue weighted by atomic mass is 9.95. The van der Waals surface area contributed by atoms with Crippen LogP contribution in [0.15, 0.2) is 18.2 Å². The van der Waals surface area contributed by atoms with Gasteiger partial charge in [0.05, 0.1) is 0 Å². The first-order valence-corrected chi connectivity index (χ1v) is 4.07. The van der Waals surface area contributed by atoms with Crippen molar-refractivity contribution >= 4 is 11.6 Å². The van der Waals surface area contributed by atoms with Gasteiger partial charge < -0.3 is 10.8 Å². The van der Waals surface area contributed by atoms with Gasteiger partial charge in [-0.25, -0.2) is 0 Å². The van der Waals surface area contributed by atoms with Gasteiger partial charge in [0.2, 0.25) is 0 Å². The normalized spacial score (nSPS) is 11.7. The highest BCUT2D eigenvalue weighted by Gasteiger charge is 2.17. The van der Waals surface area contributed by atoms with Crippen LogP contribution in [0.3, 0.4) is 0 Å². The summed E-state index contributed by atoms with van der Waals surface area (Å²) in [5.41, 5.74) is 6.07. The highest BCUT2D eigenvalue weighted by atomic mass is 35.5. The lowest BCUT2D eigenvalue weighted by molar-refractivity contribution is 0.469. The average Bonchev–Trinajstić information content (AvgIpc) is 1.92. The van der Waals surface area contributed by atoms with Crippen molar-refractivity contribution in [3.63, 3.8) is 0 Å². The fourth-order valence-electron chi connectivity index (χ4n) is 1.01. The van der Waals surface area contributed by atoms with Crippen molar-refractivity contribution in [2.24, 2.45) is 5.73 Å². The number of hydrogen-bond donors (Lipinski definition) is 2. The standard InChI is InChI=1S/C9H12ClNO/c1-9(2,11)7-5-6(12)3-4-8(7)10/h3-5,12H,11H2,1-2H3. The van der Waals surface area contributed by atoms with Crippen LogP contribution in [0.1, 0.15) is 19.4 Å². The summed E-state index contributed by atoms with van der Waals surface area (Å²) in [6, 6.07) is 4.76. The Morgan fingerprint density at radius 3 is 2.42 bits per heavy atom. The fourth-order valence-corrected chi connectivity index (χ4v) is 1.37. The zero-order valence-electron chi connectivity index (χ0n) is 7.13. The zero-order chi connectivity index (χ0) is 9.35. The predicted octanol–water partition coefficient (Wildman–Crippen LogP) is 2.24. The Hall–Kier alpha value is -0.730. The van der Waals surface area contributed by atoms with Gasteiger partial charge in [0, 0.05) is 10.6 Å². The Labute approximate surface area is 77.0 Å². The van der Waals surface area contributed by atoms with E-state index in [1.54, 1.807) is 12.1 Å². The molecule has 0 aliphatic rings. The Balaban J connectivity index is 3.23. The second-order valence-corrected chi connectivity index (χ2v) is 3.79. The Kier molecular flexibility index (Phi) is 2.31. The summed E-state index contributed by atoms with van der Waals surface area (Å²) >= 11 is 5.89. The second kappa shape index (κ2) is 2.96. The average molecular weight is 186 g/mol. The largest absolute Gasteiger partial charge is 0.508 e. The van der Waals surface area contributed by atoms with Gasteiger partial charge in [-0.1, -0.05) is 11.6 Å². The molecule has 3 N–H and O–H groups in total. The third-order valence-electron chi connectivity index (χ3n) is 1.64. The molecule has 1 rings (SSSR count). The lowest BCUT2D eigenvalue weighted by Crippen LogP contribution is -2.28. The van der Waals surface area contributed by atoms with Crippen molar-refractivity contribution in [2.45, 2.75) is 19.4 Å². The molecule has 0 fully saturated rings. The van der Waals surface area contributed by atoms with E-state index in [9.17, 15) is 5.11 Å². The molecule has 0 radical (unpaired) electrons.